The molecule has 1 atom stereocenters. The zero-order valence-electron chi connectivity index (χ0n) is 18.2. The van der Waals surface area contributed by atoms with Crippen molar-refractivity contribution in [2.75, 3.05) is 25.0 Å². The summed E-state index contributed by atoms with van der Waals surface area (Å²) in [6, 6.07) is 7.47. The van der Waals surface area contributed by atoms with E-state index >= 15 is 0 Å². The first-order valence-corrected chi connectivity index (χ1v) is 10.4. The normalized spacial score (nSPS) is 16.7. The second-order valence-electron chi connectivity index (χ2n) is 8.03. The fraction of sp³-hybridized carbons (Fsp3) is 0.435. The zero-order valence-corrected chi connectivity index (χ0v) is 18.2. The molecule has 1 aromatic carbocycles. The molecule has 7 nitrogen and oxygen atoms in total. The standard InChI is InChI=1S/C23H31N5O2/c1-16-7-9-20(10-8-16)25-23(30)24-14-19-6-5-13-28(15-19)22(29)12-11-21-17(2)26-27(4)18(21)3/h7-12,19H,5-6,13-15H2,1-4H3,(H2,24,25,30)/b12-11+. The summed E-state index contributed by atoms with van der Waals surface area (Å²) in [5, 5.41) is 10.2. The summed E-state index contributed by atoms with van der Waals surface area (Å²) in [5.41, 5.74) is 4.87. The monoisotopic (exact) mass is 409 g/mol. The van der Waals surface area contributed by atoms with E-state index in [1.807, 2.05) is 67.7 Å². The Morgan fingerprint density at radius 1 is 1.20 bits per heavy atom. The maximum atomic E-state index is 12.7. The second-order valence-corrected chi connectivity index (χ2v) is 8.03. The van der Waals surface area contributed by atoms with Gasteiger partial charge in [0.15, 0.2) is 0 Å². The Labute approximate surface area is 178 Å². The predicted molar refractivity (Wildman–Crippen MR) is 119 cm³/mol. The van der Waals surface area contributed by atoms with Crippen LogP contribution < -0.4 is 10.6 Å². The summed E-state index contributed by atoms with van der Waals surface area (Å²) in [6.45, 7) is 7.90. The molecule has 7 heteroatoms. The van der Waals surface area contributed by atoms with Crippen LogP contribution in [0, 0.1) is 26.7 Å². The SMILES string of the molecule is Cc1ccc(NC(=O)NCC2CCCN(C(=O)/C=C/c3c(C)nn(C)c3C)C2)cc1. The van der Waals surface area contributed by atoms with Crippen molar-refractivity contribution in [3.8, 4) is 0 Å². The van der Waals surface area contributed by atoms with E-state index in [2.05, 4.69) is 15.7 Å². The first-order chi connectivity index (χ1) is 14.3. The van der Waals surface area contributed by atoms with E-state index in [4.69, 9.17) is 0 Å². The molecule has 0 saturated carbocycles. The number of nitrogens with zero attached hydrogens (tertiary/aromatic N) is 3. The van der Waals surface area contributed by atoms with Gasteiger partial charge in [0, 0.05) is 49.7 Å². The molecule has 1 aliphatic heterocycles. The lowest BCUT2D eigenvalue weighted by Gasteiger charge is -2.32. The van der Waals surface area contributed by atoms with Crippen LogP contribution in [0.5, 0.6) is 0 Å². The molecule has 2 aromatic rings. The number of rotatable bonds is 5. The van der Waals surface area contributed by atoms with E-state index in [1.165, 1.54) is 0 Å². The third-order valence-electron chi connectivity index (χ3n) is 5.65. The van der Waals surface area contributed by atoms with Gasteiger partial charge in [-0.25, -0.2) is 4.79 Å². The highest BCUT2D eigenvalue weighted by Gasteiger charge is 2.23. The van der Waals surface area contributed by atoms with E-state index in [1.54, 1.807) is 6.08 Å². The van der Waals surface area contributed by atoms with Gasteiger partial charge in [0.25, 0.3) is 0 Å². The van der Waals surface area contributed by atoms with Gasteiger partial charge in [-0.3, -0.25) is 9.48 Å². The van der Waals surface area contributed by atoms with Gasteiger partial charge in [-0.2, -0.15) is 5.10 Å². The number of aromatic nitrogens is 2. The Kier molecular flexibility index (Phi) is 6.92. The van der Waals surface area contributed by atoms with Crippen molar-refractivity contribution >= 4 is 23.7 Å². The Hall–Kier alpha value is -3.09. The number of amides is 3. The van der Waals surface area contributed by atoms with Gasteiger partial charge in [-0.1, -0.05) is 17.7 Å². The molecular formula is C23H31N5O2. The third kappa shape index (κ3) is 5.49. The minimum absolute atomic E-state index is 0.00598. The fourth-order valence-electron chi connectivity index (χ4n) is 3.77. The number of piperidine rings is 1. The number of carbonyl (C=O) groups is 2. The largest absolute Gasteiger partial charge is 0.339 e. The zero-order chi connectivity index (χ0) is 21.7. The van der Waals surface area contributed by atoms with E-state index in [0.717, 1.165) is 47.6 Å². The lowest BCUT2D eigenvalue weighted by atomic mass is 9.98. The highest BCUT2D eigenvalue weighted by molar-refractivity contribution is 5.92. The lowest BCUT2D eigenvalue weighted by Crippen LogP contribution is -2.43. The summed E-state index contributed by atoms with van der Waals surface area (Å²) in [6.07, 6.45) is 5.43. The van der Waals surface area contributed by atoms with Crippen LogP contribution in [0.15, 0.2) is 30.3 Å². The Bertz CT molecular complexity index is 930. The number of nitrogens with one attached hydrogen (secondary N) is 2. The average Bonchev–Trinajstić information content (AvgIpc) is 2.98. The highest BCUT2D eigenvalue weighted by atomic mass is 16.2. The van der Waals surface area contributed by atoms with Crippen LogP contribution in [0.25, 0.3) is 6.08 Å². The van der Waals surface area contributed by atoms with Crippen LogP contribution in [-0.2, 0) is 11.8 Å². The summed E-state index contributed by atoms with van der Waals surface area (Å²) in [4.78, 5) is 26.7. The molecule has 1 aromatic heterocycles. The molecule has 1 saturated heterocycles. The smallest absolute Gasteiger partial charge is 0.319 e. The van der Waals surface area contributed by atoms with Crippen molar-refractivity contribution < 1.29 is 9.59 Å². The molecule has 3 rings (SSSR count). The number of benzene rings is 1. The Morgan fingerprint density at radius 2 is 1.93 bits per heavy atom. The van der Waals surface area contributed by atoms with E-state index < -0.39 is 0 Å². The van der Waals surface area contributed by atoms with E-state index in [0.29, 0.717) is 13.1 Å². The maximum Gasteiger partial charge on any atom is 0.319 e. The lowest BCUT2D eigenvalue weighted by molar-refractivity contribution is -0.127. The average molecular weight is 410 g/mol. The number of likely N-dealkylation sites (tertiary alicyclic amines) is 1. The summed E-state index contributed by atoms with van der Waals surface area (Å²) in [7, 11) is 1.90. The molecular weight excluding hydrogens is 378 g/mol. The van der Waals surface area contributed by atoms with Crippen LogP contribution in [0.4, 0.5) is 10.5 Å². The Morgan fingerprint density at radius 3 is 2.60 bits per heavy atom. The van der Waals surface area contributed by atoms with Crippen molar-refractivity contribution in [2.45, 2.75) is 33.6 Å². The molecule has 0 bridgehead atoms. The molecule has 2 heterocycles. The molecule has 1 unspecified atom stereocenters. The molecule has 1 fully saturated rings. The molecule has 2 N–H and O–H groups in total. The van der Waals surface area contributed by atoms with Gasteiger partial charge in [0.05, 0.1) is 5.69 Å². The molecule has 1 aliphatic rings. The van der Waals surface area contributed by atoms with Gasteiger partial charge >= 0.3 is 6.03 Å². The highest BCUT2D eigenvalue weighted by Crippen LogP contribution is 2.18. The van der Waals surface area contributed by atoms with Gasteiger partial charge < -0.3 is 15.5 Å². The molecule has 0 spiro atoms. The Balaban J connectivity index is 1.49. The number of anilines is 1. The minimum atomic E-state index is -0.218. The van der Waals surface area contributed by atoms with E-state index in [9.17, 15) is 9.59 Å². The molecule has 30 heavy (non-hydrogen) atoms. The van der Waals surface area contributed by atoms with Gasteiger partial charge in [-0.05, 0) is 57.7 Å². The molecule has 0 aliphatic carbocycles. The summed E-state index contributed by atoms with van der Waals surface area (Å²) >= 11 is 0. The fourth-order valence-corrected chi connectivity index (χ4v) is 3.77. The summed E-state index contributed by atoms with van der Waals surface area (Å²) < 4.78 is 1.82. The quantitative estimate of drug-likeness (QED) is 0.743. The first kappa shape index (κ1) is 21.6. The minimum Gasteiger partial charge on any atom is -0.339 e. The van der Waals surface area contributed by atoms with Crippen LogP contribution in [0.3, 0.4) is 0 Å². The van der Waals surface area contributed by atoms with Crippen LogP contribution >= 0.6 is 0 Å². The predicted octanol–water partition coefficient (Wildman–Crippen LogP) is 3.42. The topological polar surface area (TPSA) is 79.3 Å². The van der Waals surface area contributed by atoms with Crippen LogP contribution in [-0.4, -0.2) is 46.3 Å². The van der Waals surface area contributed by atoms with Crippen molar-refractivity contribution in [2.24, 2.45) is 13.0 Å². The van der Waals surface area contributed by atoms with Crippen LogP contribution in [0.2, 0.25) is 0 Å². The number of aryl methyl sites for hydroxylation is 3. The summed E-state index contributed by atoms with van der Waals surface area (Å²) in [5.74, 6) is 0.258. The van der Waals surface area contributed by atoms with Crippen molar-refractivity contribution in [1.82, 2.24) is 20.0 Å². The number of urea groups is 1. The van der Waals surface area contributed by atoms with Crippen LogP contribution in [0.1, 0.15) is 35.4 Å². The second kappa shape index (κ2) is 9.61. The van der Waals surface area contributed by atoms with Gasteiger partial charge in [0.1, 0.15) is 0 Å². The number of hydrogen-bond acceptors (Lipinski definition) is 3. The van der Waals surface area contributed by atoms with Gasteiger partial charge in [-0.15, -0.1) is 0 Å². The van der Waals surface area contributed by atoms with Crippen molar-refractivity contribution in [3.63, 3.8) is 0 Å². The van der Waals surface area contributed by atoms with Crippen molar-refractivity contribution in [1.29, 1.82) is 0 Å². The molecule has 0 radical (unpaired) electrons. The molecule has 160 valence electrons. The van der Waals surface area contributed by atoms with Gasteiger partial charge in [0.2, 0.25) is 5.91 Å². The molecule has 3 amide bonds. The first-order valence-electron chi connectivity index (χ1n) is 10.4. The number of hydrogen-bond donors (Lipinski definition) is 2. The maximum absolute atomic E-state index is 12.7. The third-order valence-corrected chi connectivity index (χ3v) is 5.65. The number of carbonyl (C=O) groups excluding carboxylic acids is 2. The van der Waals surface area contributed by atoms with Crippen molar-refractivity contribution in [3.05, 3.63) is 52.9 Å². The van der Waals surface area contributed by atoms with E-state index in [-0.39, 0.29) is 17.9 Å².